The summed E-state index contributed by atoms with van der Waals surface area (Å²) in [5.41, 5.74) is 7.44. The molecule has 0 spiro atoms. The van der Waals surface area contributed by atoms with E-state index in [2.05, 4.69) is 24.0 Å². The van der Waals surface area contributed by atoms with Crippen LogP contribution < -0.4 is 15.2 Å². The summed E-state index contributed by atoms with van der Waals surface area (Å²) in [5, 5.41) is 0. The number of fused-ring (bicyclic) bond motifs is 1. The van der Waals surface area contributed by atoms with Crippen LogP contribution in [0.25, 0.3) is 0 Å². The van der Waals surface area contributed by atoms with Crippen LogP contribution in [0.3, 0.4) is 0 Å². The minimum Gasteiger partial charge on any atom is -0.454 e. The molecule has 98 valence electrons. The summed E-state index contributed by atoms with van der Waals surface area (Å²) in [4.78, 5) is 2.42. The molecule has 2 aliphatic rings. The molecular formula is C14H20N2O2. The van der Waals surface area contributed by atoms with E-state index in [0.29, 0.717) is 6.79 Å². The number of hydrogen-bond acceptors (Lipinski definition) is 4. The Hall–Kier alpha value is -1.26. The second kappa shape index (κ2) is 4.44. The van der Waals surface area contributed by atoms with Gasteiger partial charge in [-0.15, -0.1) is 0 Å². The van der Waals surface area contributed by atoms with E-state index in [9.17, 15) is 0 Å². The highest BCUT2D eigenvalue weighted by Crippen LogP contribution is 2.33. The van der Waals surface area contributed by atoms with Gasteiger partial charge in [0.25, 0.3) is 0 Å². The third kappa shape index (κ3) is 2.44. The predicted octanol–water partition coefficient (Wildman–Crippen LogP) is 1.73. The first kappa shape index (κ1) is 11.8. The predicted molar refractivity (Wildman–Crippen MR) is 69.7 cm³/mol. The molecule has 3 rings (SSSR count). The van der Waals surface area contributed by atoms with Crippen molar-refractivity contribution >= 4 is 0 Å². The van der Waals surface area contributed by atoms with Crippen molar-refractivity contribution in [2.45, 2.75) is 31.8 Å². The van der Waals surface area contributed by atoms with Gasteiger partial charge in [0.1, 0.15) is 0 Å². The molecule has 2 aliphatic heterocycles. The molecule has 1 aromatic carbocycles. The van der Waals surface area contributed by atoms with Gasteiger partial charge in [0, 0.05) is 18.6 Å². The second-order valence-electron chi connectivity index (χ2n) is 5.66. The summed E-state index contributed by atoms with van der Waals surface area (Å²) in [6.07, 6.45) is 2.29. The van der Waals surface area contributed by atoms with Crippen LogP contribution >= 0.6 is 0 Å². The third-order valence-corrected chi connectivity index (χ3v) is 3.65. The highest BCUT2D eigenvalue weighted by Gasteiger charge is 2.26. The van der Waals surface area contributed by atoms with Gasteiger partial charge in [-0.25, -0.2) is 0 Å². The van der Waals surface area contributed by atoms with Crippen molar-refractivity contribution in [3.8, 4) is 11.5 Å². The standard InChI is InChI=1S/C14H20N2O2/c1-14(15)5-2-6-16(9-14)8-11-3-4-12-13(7-11)18-10-17-12/h3-4,7H,2,5-6,8-10,15H2,1H3. The molecule has 1 unspecified atom stereocenters. The van der Waals surface area contributed by atoms with Crippen molar-refractivity contribution in [1.82, 2.24) is 4.90 Å². The monoisotopic (exact) mass is 248 g/mol. The Labute approximate surface area is 108 Å². The van der Waals surface area contributed by atoms with E-state index >= 15 is 0 Å². The van der Waals surface area contributed by atoms with Gasteiger partial charge in [-0.3, -0.25) is 4.90 Å². The molecule has 0 saturated carbocycles. The number of rotatable bonds is 2. The summed E-state index contributed by atoms with van der Waals surface area (Å²) in [5.74, 6) is 1.71. The van der Waals surface area contributed by atoms with Crippen molar-refractivity contribution in [1.29, 1.82) is 0 Å². The molecule has 18 heavy (non-hydrogen) atoms. The van der Waals surface area contributed by atoms with E-state index in [1.807, 2.05) is 6.07 Å². The quantitative estimate of drug-likeness (QED) is 0.866. The average Bonchev–Trinajstić information content (AvgIpc) is 2.74. The summed E-state index contributed by atoms with van der Waals surface area (Å²) in [6.45, 7) is 5.49. The highest BCUT2D eigenvalue weighted by molar-refractivity contribution is 5.44. The lowest BCUT2D eigenvalue weighted by Crippen LogP contribution is -2.51. The van der Waals surface area contributed by atoms with Gasteiger partial charge in [0.15, 0.2) is 11.5 Å². The molecule has 0 aliphatic carbocycles. The molecule has 1 fully saturated rings. The van der Waals surface area contributed by atoms with Gasteiger partial charge >= 0.3 is 0 Å². The Morgan fingerprint density at radius 3 is 3.00 bits per heavy atom. The third-order valence-electron chi connectivity index (χ3n) is 3.65. The maximum absolute atomic E-state index is 6.23. The number of hydrogen-bond donors (Lipinski definition) is 1. The van der Waals surface area contributed by atoms with Gasteiger partial charge in [-0.1, -0.05) is 6.07 Å². The lowest BCUT2D eigenvalue weighted by molar-refractivity contribution is 0.153. The lowest BCUT2D eigenvalue weighted by atomic mass is 9.92. The first-order valence-corrected chi connectivity index (χ1v) is 6.52. The summed E-state index contributed by atoms with van der Waals surface area (Å²) >= 11 is 0. The first-order valence-electron chi connectivity index (χ1n) is 6.52. The molecule has 1 atom stereocenters. The van der Waals surface area contributed by atoms with Crippen LogP contribution in [0.15, 0.2) is 18.2 Å². The molecule has 2 heterocycles. The van der Waals surface area contributed by atoms with Crippen LogP contribution in [0.4, 0.5) is 0 Å². The molecule has 4 nitrogen and oxygen atoms in total. The fourth-order valence-corrected chi connectivity index (χ4v) is 2.81. The van der Waals surface area contributed by atoms with Crippen molar-refractivity contribution in [2.75, 3.05) is 19.9 Å². The Balaban J connectivity index is 1.69. The van der Waals surface area contributed by atoms with Gasteiger partial charge in [0.2, 0.25) is 6.79 Å². The van der Waals surface area contributed by atoms with Gasteiger partial charge in [-0.05, 0) is 44.0 Å². The summed E-state index contributed by atoms with van der Waals surface area (Å²) < 4.78 is 10.7. The highest BCUT2D eigenvalue weighted by atomic mass is 16.7. The van der Waals surface area contributed by atoms with Crippen LogP contribution in [0.5, 0.6) is 11.5 Å². The number of ether oxygens (including phenoxy) is 2. The van der Waals surface area contributed by atoms with E-state index in [1.165, 1.54) is 12.0 Å². The zero-order chi connectivity index (χ0) is 12.6. The van der Waals surface area contributed by atoms with Crippen molar-refractivity contribution in [3.63, 3.8) is 0 Å². The van der Waals surface area contributed by atoms with Crippen molar-refractivity contribution in [2.24, 2.45) is 5.73 Å². The number of piperidine rings is 1. The Bertz CT molecular complexity index is 445. The molecule has 1 saturated heterocycles. The zero-order valence-electron chi connectivity index (χ0n) is 10.8. The average molecular weight is 248 g/mol. The first-order chi connectivity index (χ1) is 8.62. The van der Waals surface area contributed by atoms with Crippen LogP contribution in [0.2, 0.25) is 0 Å². The molecule has 0 bridgehead atoms. The number of nitrogens with two attached hydrogens (primary N) is 1. The SMILES string of the molecule is CC1(N)CCCN(Cc2ccc3c(c2)OCO3)C1. The Kier molecular flexibility index (Phi) is 2.92. The summed E-state index contributed by atoms with van der Waals surface area (Å²) in [7, 11) is 0. The van der Waals surface area contributed by atoms with E-state index in [1.54, 1.807) is 0 Å². The van der Waals surface area contributed by atoms with E-state index in [-0.39, 0.29) is 5.54 Å². The van der Waals surface area contributed by atoms with Crippen LogP contribution in [-0.2, 0) is 6.54 Å². The van der Waals surface area contributed by atoms with Crippen molar-refractivity contribution in [3.05, 3.63) is 23.8 Å². The topological polar surface area (TPSA) is 47.7 Å². The molecule has 2 N–H and O–H groups in total. The van der Waals surface area contributed by atoms with E-state index in [4.69, 9.17) is 15.2 Å². The number of benzene rings is 1. The van der Waals surface area contributed by atoms with Crippen molar-refractivity contribution < 1.29 is 9.47 Å². The van der Waals surface area contributed by atoms with Gasteiger partial charge < -0.3 is 15.2 Å². The van der Waals surface area contributed by atoms with Gasteiger partial charge in [0.05, 0.1) is 0 Å². The molecule has 4 heteroatoms. The maximum atomic E-state index is 6.23. The molecule has 0 aromatic heterocycles. The molecule has 0 amide bonds. The molecule has 1 aromatic rings. The van der Waals surface area contributed by atoms with Crippen LogP contribution in [0.1, 0.15) is 25.3 Å². The lowest BCUT2D eigenvalue weighted by Gasteiger charge is -2.37. The van der Waals surface area contributed by atoms with Crippen LogP contribution in [0, 0.1) is 0 Å². The number of likely N-dealkylation sites (tertiary alicyclic amines) is 1. The second-order valence-corrected chi connectivity index (χ2v) is 5.66. The Morgan fingerprint density at radius 2 is 2.17 bits per heavy atom. The smallest absolute Gasteiger partial charge is 0.231 e. The van der Waals surface area contributed by atoms with Crippen LogP contribution in [-0.4, -0.2) is 30.3 Å². The zero-order valence-corrected chi connectivity index (χ0v) is 10.8. The molecular weight excluding hydrogens is 228 g/mol. The minimum atomic E-state index is -0.0470. The summed E-state index contributed by atoms with van der Waals surface area (Å²) in [6, 6.07) is 6.17. The Morgan fingerprint density at radius 1 is 1.33 bits per heavy atom. The number of nitrogens with zero attached hydrogens (tertiary/aromatic N) is 1. The maximum Gasteiger partial charge on any atom is 0.231 e. The fourth-order valence-electron chi connectivity index (χ4n) is 2.81. The largest absolute Gasteiger partial charge is 0.454 e. The normalized spacial score (nSPS) is 27.4. The van der Waals surface area contributed by atoms with E-state index in [0.717, 1.165) is 37.6 Å². The van der Waals surface area contributed by atoms with E-state index < -0.39 is 0 Å². The van der Waals surface area contributed by atoms with Gasteiger partial charge in [-0.2, -0.15) is 0 Å². The minimum absolute atomic E-state index is 0.0470. The molecule has 0 radical (unpaired) electrons. The fraction of sp³-hybridized carbons (Fsp3) is 0.571.